The maximum absolute atomic E-state index is 12.2. The molecule has 0 aliphatic heterocycles. The molecule has 0 radical (unpaired) electrons. The van der Waals surface area contributed by atoms with Crippen LogP contribution in [0.4, 0.5) is 0 Å². The van der Waals surface area contributed by atoms with E-state index in [-0.39, 0.29) is 5.91 Å². The third-order valence-electron chi connectivity index (χ3n) is 4.18. The van der Waals surface area contributed by atoms with Crippen LogP contribution in [0.3, 0.4) is 0 Å². The van der Waals surface area contributed by atoms with Crippen LogP contribution in [0.1, 0.15) is 32.1 Å². The number of allylic oxidation sites excluding steroid dienone is 2. The van der Waals surface area contributed by atoms with Gasteiger partial charge in [0.25, 0.3) is 0 Å². The van der Waals surface area contributed by atoms with Gasteiger partial charge in [0.05, 0.1) is 6.54 Å². The van der Waals surface area contributed by atoms with Crippen molar-refractivity contribution in [3.8, 4) is 0 Å². The summed E-state index contributed by atoms with van der Waals surface area (Å²) in [5.41, 5.74) is 7.00. The lowest BCUT2D eigenvalue weighted by Crippen LogP contribution is -2.45. The smallest absolute Gasteiger partial charge is 0.240 e. The predicted octanol–water partition coefficient (Wildman–Crippen LogP) is 1.18. The molecule has 0 heterocycles. The molecular weight excluding hydrogens is 226 g/mol. The zero-order valence-electron chi connectivity index (χ0n) is 11.6. The molecular formula is C14H25N3O. The summed E-state index contributed by atoms with van der Waals surface area (Å²) in [6.07, 6.45) is 8.03. The van der Waals surface area contributed by atoms with Gasteiger partial charge in [-0.25, -0.2) is 0 Å². The van der Waals surface area contributed by atoms with Crippen molar-refractivity contribution in [2.75, 3.05) is 27.2 Å². The minimum absolute atomic E-state index is 0.185. The third kappa shape index (κ3) is 3.12. The van der Waals surface area contributed by atoms with E-state index in [2.05, 4.69) is 11.0 Å². The summed E-state index contributed by atoms with van der Waals surface area (Å²) in [7, 11) is 3.91. The minimum atomic E-state index is 0.185. The highest BCUT2D eigenvalue weighted by molar-refractivity contribution is 5.79. The molecule has 0 saturated heterocycles. The molecule has 1 fully saturated rings. The van der Waals surface area contributed by atoms with Gasteiger partial charge in [-0.3, -0.25) is 9.69 Å². The van der Waals surface area contributed by atoms with Crippen LogP contribution in [0.15, 0.2) is 11.8 Å². The predicted molar refractivity (Wildman–Crippen MR) is 72.9 cm³/mol. The molecule has 2 aliphatic carbocycles. The average Bonchev–Trinajstić information content (AvgIpc) is 3.03. The van der Waals surface area contributed by atoms with E-state index >= 15 is 0 Å². The fraction of sp³-hybridized carbons (Fsp3) is 0.786. The second-order valence-electron chi connectivity index (χ2n) is 5.60. The number of hydrogen-bond acceptors (Lipinski definition) is 3. The lowest BCUT2D eigenvalue weighted by Gasteiger charge is -2.28. The molecule has 1 unspecified atom stereocenters. The monoisotopic (exact) mass is 251 g/mol. The van der Waals surface area contributed by atoms with E-state index in [4.69, 9.17) is 5.73 Å². The van der Waals surface area contributed by atoms with Gasteiger partial charge in [-0.15, -0.1) is 0 Å². The average molecular weight is 251 g/mol. The quantitative estimate of drug-likeness (QED) is 0.771. The molecule has 0 spiro atoms. The van der Waals surface area contributed by atoms with Crippen molar-refractivity contribution in [2.24, 2.45) is 11.7 Å². The van der Waals surface area contributed by atoms with Crippen LogP contribution >= 0.6 is 0 Å². The van der Waals surface area contributed by atoms with E-state index in [9.17, 15) is 4.79 Å². The molecule has 2 N–H and O–H groups in total. The fourth-order valence-electron chi connectivity index (χ4n) is 2.77. The van der Waals surface area contributed by atoms with Crippen LogP contribution in [0.25, 0.3) is 0 Å². The molecule has 0 aromatic rings. The van der Waals surface area contributed by atoms with Crippen molar-refractivity contribution in [3.05, 3.63) is 11.8 Å². The summed E-state index contributed by atoms with van der Waals surface area (Å²) in [4.78, 5) is 16.2. The standard InChI is InChI=1S/C14H25N3O/c1-16(13(9-15)11-7-8-11)10-14(18)17(2)12-5-3-4-6-12/h5,11,13H,3-4,6-10,15H2,1-2H3. The Balaban J connectivity index is 1.85. The molecule has 1 atom stereocenters. The van der Waals surface area contributed by atoms with Gasteiger partial charge >= 0.3 is 0 Å². The number of rotatable bonds is 6. The lowest BCUT2D eigenvalue weighted by molar-refractivity contribution is -0.129. The van der Waals surface area contributed by atoms with E-state index < -0.39 is 0 Å². The first-order valence-corrected chi connectivity index (χ1v) is 6.99. The summed E-state index contributed by atoms with van der Waals surface area (Å²) in [5, 5.41) is 0. The molecule has 1 saturated carbocycles. The van der Waals surface area contributed by atoms with Crippen LogP contribution in [-0.2, 0) is 4.79 Å². The van der Waals surface area contributed by atoms with Crippen LogP contribution in [-0.4, -0.2) is 48.9 Å². The Bertz CT molecular complexity index is 336. The summed E-state index contributed by atoms with van der Waals surface area (Å²) >= 11 is 0. The van der Waals surface area contributed by atoms with Crippen LogP contribution in [0.5, 0.6) is 0 Å². The third-order valence-corrected chi connectivity index (χ3v) is 4.18. The number of amides is 1. The van der Waals surface area contributed by atoms with Gasteiger partial charge in [-0.2, -0.15) is 0 Å². The number of hydrogen-bond donors (Lipinski definition) is 1. The molecule has 2 aliphatic rings. The van der Waals surface area contributed by atoms with Gasteiger partial charge in [0, 0.05) is 25.3 Å². The first kappa shape index (κ1) is 13.6. The second-order valence-corrected chi connectivity index (χ2v) is 5.60. The van der Waals surface area contributed by atoms with E-state index in [0.29, 0.717) is 25.0 Å². The molecule has 0 aromatic heterocycles. The van der Waals surface area contributed by atoms with Gasteiger partial charge in [0.2, 0.25) is 5.91 Å². The van der Waals surface area contributed by atoms with Crippen molar-refractivity contribution in [1.29, 1.82) is 0 Å². The summed E-state index contributed by atoms with van der Waals surface area (Å²) in [6, 6.07) is 0.375. The maximum Gasteiger partial charge on any atom is 0.240 e. The molecule has 4 nitrogen and oxygen atoms in total. The zero-order chi connectivity index (χ0) is 13.1. The van der Waals surface area contributed by atoms with Gasteiger partial charge in [0.1, 0.15) is 0 Å². The molecule has 102 valence electrons. The Hall–Kier alpha value is -0.870. The summed E-state index contributed by atoms with van der Waals surface area (Å²) in [6.45, 7) is 1.13. The van der Waals surface area contributed by atoms with E-state index in [1.54, 1.807) is 0 Å². The van der Waals surface area contributed by atoms with Crippen LogP contribution in [0, 0.1) is 5.92 Å². The van der Waals surface area contributed by atoms with Gasteiger partial charge in [0.15, 0.2) is 0 Å². The van der Waals surface area contributed by atoms with Gasteiger partial charge in [-0.05, 0) is 45.1 Å². The van der Waals surface area contributed by atoms with Crippen molar-refractivity contribution >= 4 is 5.91 Å². The molecule has 18 heavy (non-hydrogen) atoms. The highest BCUT2D eigenvalue weighted by Gasteiger charge is 2.33. The molecule has 2 rings (SSSR count). The largest absolute Gasteiger partial charge is 0.329 e. The maximum atomic E-state index is 12.2. The molecule has 4 heteroatoms. The van der Waals surface area contributed by atoms with Gasteiger partial charge in [-0.1, -0.05) is 6.08 Å². The first-order chi connectivity index (χ1) is 8.63. The van der Waals surface area contributed by atoms with E-state index in [1.165, 1.54) is 25.0 Å². The Labute approximate surface area is 110 Å². The number of carbonyl (C=O) groups is 1. The Morgan fingerprint density at radius 3 is 2.72 bits per heavy atom. The van der Waals surface area contributed by atoms with E-state index in [0.717, 1.165) is 12.8 Å². The van der Waals surface area contributed by atoms with Crippen molar-refractivity contribution in [3.63, 3.8) is 0 Å². The topological polar surface area (TPSA) is 49.6 Å². The van der Waals surface area contributed by atoms with E-state index in [1.807, 2.05) is 19.0 Å². The zero-order valence-corrected chi connectivity index (χ0v) is 11.6. The number of nitrogens with two attached hydrogens (primary N) is 1. The summed E-state index contributed by atoms with van der Waals surface area (Å²) < 4.78 is 0. The fourth-order valence-corrected chi connectivity index (χ4v) is 2.77. The highest BCUT2D eigenvalue weighted by Crippen LogP contribution is 2.34. The first-order valence-electron chi connectivity index (χ1n) is 6.99. The summed E-state index contributed by atoms with van der Waals surface area (Å²) in [5.74, 6) is 0.897. The Kier molecular flexibility index (Phi) is 4.40. The highest BCUT2D eigenvalue weighted by atomic mass is 16.2. The SMILES string of the molecule is CN(C(=O)CN(C)C(CN)C1CC1)C1=CCCC1. The lowest BCUT2D eigenvalue weighted by atomic mass is 10.1. The number of carbonyl (C=O) groups excluding carboxylic acids is 1. The van der Waals surface area contributed by atoms with Crippen LogP contribution in [0.2, 0.25) is 0 Å². The number of likely N-dealkylation sites (N-methyl/N-ethyl adjacent to an activating group) is 2. The van der Waals surface area contributed by atoms with Crippen molar-refractivity contribution < 1.29 is 4.79 Å². The molecule has 0 bridgehead atoms. The molecule has 1 amide bonds. The van der Waals surface area contributed by atoms with Gasteiger partial charge < -0.3 is 10.6 Å². The minimum Gasteiger partial charge on any atom is -0.329 e. The molecule has 0 aromatic carbocycles. The normalized spacial score (nSPS) is 21.0. The Morgan fingerprint density at radius 1 is 1.50 bits per heavy atom. The van der Waals surface area contributed by atoms with Crippen molar-refractivity contribution in [2.45, 2.75) is 38.1 Å². The van der Waals surface area contributed by atoms with Crippen LogP contribution < -0.4 is 5.73 Å². The number of nitrogens with zero attached hydrogens (tertiary/aromatic N) is 2. The second kappa shape index (κ2) is 5.85. The van der Waals surface area contributed by atoms with Crippen molar-refractivity contribution in [1.82, 2.24) is 9.80 Å². The Morgan fingerprint density at radius 2 is 2.22 bits per heavy atom.